The summed E-state index contributed by atoms with van der Waals surface area (Å²) in [6.45, 7) is 0. The molecule has 126 valence electrons. The topological polar surface area (TPSA) is 44.8 Å². The van der Waals surface area contributed by atoms with E-state index in [1.165, 1.54) is 33.5 Å². The highest BCUT2D eigenvalue weighted by Gasteiger charge is 2.13. The van der Waals surface area contributed by atoms with Crippen LogP contribution >= 0.6 is 23.2 Å². The summed E-state index contributed by atoms with van der Waals surface area (Å²) in [4.78, 5) is 12.3. The Balaban J connectivity index is 2.32. The van der Waals surface area contributed by atoms with Gasteiger partial charge in [0, 0.05) is 10.6 Å². The molecular weight excluding hydrogens is 351 g/mol. The largest absolute Gasteiger partial charge is 0.493 e. The first kappa shape index (κ1) is 18.2. The van der Waals surface area contributed by atoms with Gasteiger partial charge in [-0.2, -0.15) is 0 Å². The zero-order valence-electron chi connectivity index (χ0n) is 13.4. The third-order valence-corrected chi connectivity index (χ3v) is 3.86. The first-order valence-corrected chi connectivity index (χ1v) is 7.73. The molecule has 0 heterocycles. The monoisotopic (exact) mass is 366 g/mol. The summed E-state index contributed by atoms with van der Waals surface area (Å²) >= 11 is 11.9. The Morgan fingerprint density at radius 1 is 0.958 bits per heavy atom. The molecule has 4 nitrogen and oxygen atoms in total. The van der Waals surface area contributed by atoms with Gasteiger partial charge in [-0.25, -0.2) is 0 Å². The highest BCUT2D eigenvalue weighted by atomic mass is 35.5. The van der Waals surface area contributed by atoms with Crippen molar-refractivity contribution in [1.82, 2.24) is 0 Å². The number of hydrogen-bond donors (Lipinski definition) is 0. The lowest BCUT2D eigenvalue weighted by atomic mass is 10.1. The van der Waals surface area contributed by atoms with Gasteiger partial charge in [0.15, 0.2) is 17.3 Å². The average molecular weight is 367 g/mol. The van der Waals surface area contributed by atoms with Crippen molar-refractivity contribution in [3.8, 4) is 17.2 Å². The molecule has 6 heteroatoms. The first-order chi connectivity index (χ1) is 11.5. The molecule has 0 spiro atoms. The maximum atomic E-state index is 12.3. The van der Waals surface area contributed by atoms with Crippen LogP contribution in [0.5, 0.6) is 17.2 Å². The van der Waals surface area contributed by atoms with Crippen molar-refractivity contribution in [2.75, 3.05) is 21.3 Å². The zero-order valence-corrected chi connectivity index (χ0v) is 14.9. The molecule has 0 aliphatic rings. The summed E-state index contributed by atoms with van der Waals surface area (Å²) in [6, 6.07) is 8.23. The molecule has 2 aromatic carbocycles. The number of carbonyl (C=O) groups excluding carboxylic acids is 1. The van der Waals surface area contributed by atoms with Crippen LogP contribution in [0.15, 0.2) is 36.4 Å². The Hall–Kier alpha value is -2.17. The molecule has 0 N–H and O–H groups in total. The number of carbonyl (C=O) groups is 1. The van der Waals surface area contributed by atoms with Gasteiger partial charge >= 0.3 is 0 Å². The second-order valence-electron chi connectivity index (χ2n) is 4.78. The smallest absolute Gasteiger partial charge is 0.203 e. The Morgan fingerprint density at radius 3 is 2.08 bits per heavy atom. The second kappa shape index (κ2) is 8.08. The van der Waals surface area contributed by atoms with Crippen LogP contribution in [-0.4, -0.2) is 27.1 Å². The maximum Gasteiger partial charge on any atom is 0.203 e. The molecule has 0 atom stereocenters. The van der Waals surface area contributed by atoms with Gasteiger partial charge in [0.05, 0.1) is 26.4 Å². The number of hydrogen-bond acceptors (Lipinski definition) is 4. The van der Waals surface area contributed by atoms with Crippen molar-refractivity contribution in [1.29, 1.82) is 0 Å². The fourth-order valence-electron chi connectivity index (χ4n) is 2.15. The van der Waals surface area contributed by atoms with Gasteiger partial charge in [0.1, 0.15) is 0 Å². The molecule has 2 aromatic rings. The van der Waals surface area contributed by atoms with Crippen molar-refractivity contribution < 1.29 is 19.0 Å². The van der Waals surface area contributed by atoms with E-state index in [4.69, 9.17) is 37.4 Å². The molecule has 0 aliphatic carbocycles. The Morgan fingerprint density at radius 2 is 1.58 bits per heavy atom. The van der Waals surface area contributed by atoms with Crippen molar-refractivity contribution in [2.24, 2.45) is 0 Å². The highest BCUT2D eigenvalue weighted by molar-refractivity contribution is 6.37. The van der Waals surface area contributed by atoms with E-state index in [1.54, 1.807) is 30.3 Å². The van der Waals surface area contributed by atoms with Gasteiger partial charge in [-0.15, -0.1) is 0 Å². The van der Waals surface area contributed by atoms with Gasteiger partial charge < -0.3 is 14.2 Å². The molecule has 24 heavy (non-hydrogen) atoms. The lowest BCUT2D eigenvalue weighted by Crippen LogP contribution is -1.97. The van der Waals surface area contributed by atoms with Gasteiger partial charge in [0.25, 0.3) is 0 Å². The summed E-state index contributed by atoms with van der Waals surface area (Å²) in [5, 5.41) is 0.784. The second-order valence-corrected chi connectivity index (χ2v) is 5.62. The first-order valence-electron chi connectivity index (χ1n) is 6.97. The molecule has 0 saturated heterocycles. The van der Waals surface area contributed by atoms with Crippen molar-refractivity contribution in [3.63, 3.8) is 0 Å². The summed E-state index contributed by atoms with van der Waals surface area (Å²) in [6.07, 6.45) is 3.08. The van der Waals surface area contributed by atoms with Crippen LogP contribution in [0, 0.1) is 0 Å². The molecule has 0 aromatic heterocycles. The molecule has 0 amide bonds. The van der Waals surface area contributed by atoms with E-state index >= 15 is 0 Å². The van der Waals surface area contributed by atoms with Gasteiger partial charge in [-0.05, 0) is 42.0 Å². The number of ether oxygens (including phenoxy) is 3. The molecule has 0 fully saturated rings. The lowest BCUT2D eigenvalue weighted by Gasteiger charge is -2.12. The van der Waals surface area contributed by atoms with Crippen LogP contribution < -0.4 is 14.2 Å². The van der Waals surface area contributed by atoms with E-state index in [-0.39, 0.29) is 5.78 Å². The van der Waals surface area contributed by atoms with Crippen LogP contribution in [0.2, 0.25) is 10.0 Å². The number of rotatable bonds is 6. The number of halogens is 2. The summed E-state index contributed by atoms with van der Waals surface area (Å²) in [5.74, 6) is 1.27. The average Bonchev–Trinajstić information content (AvgIpc) is 2.58. The van der Waals surface area contributed by atoms with Crippen molar-refractivity contribution in [3.05, 3.63) is 57.6 Å². The van der Waals surface area contributed by atoms with Gasteiger partial charge in [-0.1, -0.05) is 29.3 Å². The van der Waals surface area contributed by atoms with Crippen LogP contribution in [-0.2, 0) is 0 Å². The van der Waals surface area contributed by atoms with Crippen LogP contribution in [0.1, 0.15) is 15.9 Å². The van der Waals surface area contributed by atoms with Crippen molar-refractivity contribution >= 4 is 35.1 Å². The predicted octanol–water partition coefficient (Wildman–Crippen LogP) is 4.92. The molecule has 0 radical (unpaired) electrons. The Kier molecular flexibility index (Phi) is 6.12. The van der Waals surface area contributed by atoms with Gasteiger partial charge in [0.2, 0.25) is 5.75 Å². The quantitative estimate of drug-likeness (QED) is 0.537. The third-order valence-electron chi connectivity index (χ3n) is 3.31. The fraction of sp³-hybridized carbons (Fsp3) is 0.167. The Labute approximate surface area is 150 Å². The molecule has 0 bridgehead atoms. The zero-order chi connectivity index (χ0) is 17.7. The van der Waals surface area contributed by atoms with E-state index in [1.807, 2.05) is 0 Å². The molecule has 0 aliphatic heterocycles. The lowest BCUT2D eigenvalue weighted by molar-refractivity contribution is 0.104. The molecule has 2 rings (SSSR count). The number of benzene rings is 2. The Bertz CT molecular complexity index is 760. The standard InChI is InChI=1S/C18H16Cl2O4/c1-22-16-8-11(9-17(23-2)18(16)24-3)4-7-15(21)13-6-5-12(19)10-14(13)20/h4-10H,1-3H3/b7-4+. The third kappa shape index (κ3) is 4.02. The highest BCUT2D eigenvalue weighted by Crippen LogP contribution is 2.38. The normalized spacial score (nSPS) is 10.7. The number of ketones is 1. The summed E-state index contributed by atoms with van der Waals surface area (Å²) < 4.78 is 15.8. The summed E-state index contributed by atoms with van der Waals surface area (Å²) in [7, 11) is 4.59. The SMILES string of the molecule is COc1cc(/C=C/C(=O)c2ccc(Cl)cc2Cl)cc(OC)c1OC. The minimum Gasteiger partial charge on any atom is -0.493 e. The predicted molar refractivity (Wildman–Crippen MR) is 95.9 cm³/mol. The van der Waals surface area contributed by atoms with E-state index in [0.717, 1.165) is 5.56 Å². The van der Waals surface area contributed by atoms with E-state index in [9.17, 15) is 4.79 Å². The minimum atomic E-state index is -0.231. The van der Waals surface area contributed by atoms with E-state index < -0.39 is 0 Å². The fourth-order valence-corrected chi connectivity index (χ4v) is 2.65. The number of methoxy groups -OCH3 is 3. The van der Waals surface area contributed by atoms with Crippen LogP contribution in [0.25, 0.3) is 6.08 Å². The maximum absolute atomic E-state index is 12.3. The van der Waals surface area contributed by atoms with Crippen LogP contribution in [0.3, 0.4) is 0 Å². The van der Waals surface area contributed by atoms with E-state index in [2.05, 4.69) is 0 Å². The number of allylic oxidation sites excluding steroid dienone is 1. The van der Waals surface area contributed by atoms with E-state index in [0.29, 0.717) is 32.9 Å². The molecule has 0 unspecified atom stereocenters. The molecule has 0 saturated carbocycles. The summed E-state index contributed by atoms with van der Waals surface area (Å²) in [5.41, 5.74) is 1.10. The van der Waals surface area contributed by atoms with Gasteiger partial charge in [-0.3, -0.25) is 4.79 Å². The minimum absolute atomic E-state index is 0.231. The van der Waals surface area contributed by atoms with Crippen LogP contribution in [0.4, 0.5) is 0 Å². The van der Waals surface area contributed by atoms with Crippen molar-refractivity contribution in [2.45, 2.75) is 0 Å². The molecular formula is C18H16Cl2O4.